The Bertz CT molecular complexity index is 666. The van der Waals surface area contributed by atoms with E-state index in [1.165, 1.54) is 0 Å². The van der Waals surface area contributed by atoms with Gasteiger partial charge in [-0.05, 0) is 25.1 Å². The van der Waals surface area contributed by atoms with Crippen molar-refractivity contribution < 1.29 is 13.9 Å². The summed E-state index contributed by atoms with van der Waals surface area (Å²) in [5, 5.41) is 0. The van der Waals surface area contributed by atoms with E-state index < -0.39 is 0 Å². The van der Waals surface area contributed by atoms with Crippen LogP contribution >= 0.6 is 0 Å². The van der Waals surface area contributed by atoms with Gasteiger partial charge in [0.1, 0.15) is 11.5 Å². The summed E-state index contributed by atoms with van der Waals surface area (Å²) < 4.78 is 10.6. The number of hydrogen-bond donors (Lipinski definition) is 0. The first-order chi connectivity index (χ1) is 11.1. The molecule has 1 aliphatic rings. The number of carbonyl (C=O) groups excluding carboxylic acids is 1. The SMILES string of the molecule is Cc1cc(C(=O)N(C)Cc2ccco2)nc(N2CCOCC2)n1. The second-order valence-electron chi connectivity index (χ2n) is 5.53. The zero-order valence-electron chi connectivity index (χ0n) is 13.4. The van der Waals surface area contributed by atoms with Gasteiger partial charge < -0.3 is 19.0 Å². The molecular formula is C16H20N4O3. The number of hydrogen-bond acceptors (Lipinski definition) is 6. The predicted octanol–water partition coefficient (Wildman–Crippen LogP) is 1.49. The van der Waals surface area contributed by atoms with E-state index in [1.54, 1.807) is 30.3 Å². The highest BCUT2D eigenvalue weighted by Gasteiger charge is 2.20. The van der Waals surface area contributed by atoms with Crippen molar-refractivity contribution >= 4 is 11.9 Å². The third-order valence-electron chi connectivity index (χ3n) is 3.68. The average molecular weight is 316 g/mol. The second-order valence-corrected chi connectivity index (χ2v) is 5.53. The Hall–Kier alpha value is -2.41. The molecule has 1 fully saturated rings. The standard InChI is InChI=1S/C16H20N4O3/c1-12-10-14(15(21)19(2)11-13-4-3-7-23-13)18-16(17-12)20-5-8-22-9-6-20/h3-4,7,10H,5-6,8-9,11H2,1-2H3. The zero-order chi connectivity index (χ0) is 16.2. The summed E-state index contributed by atoms with van der Waals surface area (Å²) in [6, 6.07) is 5.36. The molecule has 1 aliphatic heterocycles. The molecule has 2 aromatic heterocycles. The first-order valence-electron chi connectivity index (χ1n) is 7.60. The fourth-order valence-corrected chi connectivity index (χ4v) is 2.47. The van der Waals surface area contributed by atoms with Gasteiger partial charge in [-0.15, -0.1) is 0 Å². The van der Waals surface area contributed by atoms with Gasteiger partial charge in [-0.3, -0.25) is 4.79 Å². The van der Waals surface area contributed by atoms with Crippen LogP contribution in [0.4, 0.5) is 5.95 Å². The van der Waals surface area contributed by atoms with Crippen molar-refractivity contribution in [2.75, 3.05) is 38.3 Å². The van der Waals surface area contributed by atoms with Crippen molar-refractivity contribution in [2.24, 2.45) is 0 Å². The molecule has 1 amide bonds. The van der Waals surface area contributed by atoms with Gasteiger partial charge in [-0.2, -0.15) is 0 Å². The smallest absolute Gasteiger partial charge is 0.272 e. The number of amides is 1. The number of carbonyl (C=O) groups is 1. The van der Waals surface area contributed by atoms with Crippen LogP contribution in [-0.4, -0.2) is 54.1 Å². The van der Waals surface area contributed by atoms with E-state index in [0.29, 0.717) is 31.4 Å². The van der Waals surface area contributed by atoms with Gasteiger partial charge in [0.25, 0.3) is 5.91 Å². The lowest BCUT2D eigenvalue weighted by Gasteiger charge is -2.27. The van der Waals surface area contributed by atoms with Crippen LogP contribution in [0.5, 0.6) is 0 Å². The van der Waals surface area contributed by atoms with Crippen LogP contribution in [0.25, 0.3) is 0 Å². The molecule has 0 aromatic carbocycles. The zero-order valence-corrected chi connectivity index (χ0v) is 13.4. The topological polar surface area (TPSA) is 71.7 Å². The summed E-state index contributed by atoms with van der Waals surface area (Å²) in [5.41, 5.74) is 1.17. The van der Waals surface area contributed by atoms with E-state index in [0.717, 1.165) is 24.5 Å². The van der Waals surface area contributed by atoms with Gasteiger partial charge in [0.15, 0.2) is 0 Å². The average Bonchev–Trinajstić information content (AvgIpc) is 3.07. The number of anilines is 1. The fraction of sp³-hybridized carbons (Fsp3) is 0.438. The van der Waals surface area contributed by atoms with Gasteiger partial charge >= 0.3 is 0 Å². The molecule has 7 heteroatoms. The van der Waals surface area contributed by atoms with Gasteiger partial charge in [-0.25, -0.2) is 9.97 Å². The van der Waals surface area contributed by atoms with Crippen LogP contribution in [-0.2, 0) is 11.3 Å². The first-order valence-corrected chi connectivity index (χ1v) is 7.60. The number of rotatable bonds is 4. The highest BCUT2D eigenvalue weighted by Crippen LogP contribution is 2.14. The number of aryl methyl sites for hydroxylation is 1. The maximum atomic E-state index is 12.6. The largest absolute Gasteiger partial charge is 0.467 e. The van der Waals surface area contributed by atoms with Crippen molar-refractivity contribution in [3.63, 3.8) is 0 Å². The lowest BCUT2D eigenvalue weighted by molar-refractivity contribution is 0.0769. The van der Waals surface area contributed by atoms with E-state index in [-0.39, 0.29) is 5.91 Å². The molecule has 2 aromatic rings. The van der Waals surface area contributed by atoms with Crippen molar-refractivity contribution in [3.05, 3.63) is 41.6 Å². The van der Waals surface area contributed by atoms with Gasteiger partial charge in [0.05, 0.1) is 26.0 Å². The van der Waals surface area contributed by atoms with E-state index in [2.05, 4.69) is 9.97 Å². The summed E-state index contributed by atoms with van der Waals surface area (Å²) in [6.45, 7) is 5.05. The molecule has 0 unspecified atom stereocenters. The molecule has 0 radical (unpaired) electrons. The van der Waals surface area contributed by atoms with Crippen molar-refractivity contribution in [3.8, 4) is 0 Å². The number of nitrogens with zero attached hydrogens (tertiary/aromatic N) is 4. The highest BCUT2D eigenvalue weighted by molar-refractivity contribution is 5.92. The Morgan fingerprint density at radius 2 is 2.13 bits per heavy atom. The van der Waals surface area contributed by atoms with Crippen LogP contribution in [0, 0.1) is 6.92 Å². The van der Waals surface area contributed by atoms with Crippen LogP contribution in [0.3, 0.4) is 0 Å². The monoisotopic (exact) mass is 316 g/mol. The molecule has 0 spiro atoms. The third-order valence-corrected chi connectivity index (χ3v) is 3.68. The maximum Gasteiger partial charge on any atom is 0.272 e. The van der Waals surface area contributed by atoms with Crippen molar-refractivity contribution in [1.82, 2.24) is 14.9 Å². The summed E-state index contributed by atoms with van der Waals surface area (Å²) in [7, 11) is 1.73. The molecule has 3 heterocycles. The number of aromatic nitrogens is 2. The minimum Gasteiger partial charge on any atom is -0.467 e. The third kappa shape index (κ3) is 3.68. The summed E-state index contributed by atoms with van der Waals surface area (Å²) in [6.07, 6.45) is 1.60. The Morgan fingerprint density at radius 3 is 2.83 bits per heavy atom. The van der Waals surface area contributed by atoms with Gasteiger partial charge in [-0.1, -0.05) is 0 Å². The lowest BCUT2D eigenvalue weighted by Crippen LogP contribution is -2.38. The van der Waals surface area contributed by atoms with Crippen LogP contribution < -0.4 is 4.90 Å². The lowest BCUT2D eigenvalue weighted by atomic mass is 10.3. The minimum atomic E-state index is -0.151. The number of morpholine rings is 1. The molecule has 0 saturated carbocycles. The predicted molar refractivity (Wildman–Crippen MR) is 84.3 cm³/mol. The maximum absolute atomic E-state index is 12.6. The summed E-state index contributed by atoms with van der Waals surface area (Å²) in [5.74, 6) is 1.17. The molecule has 23 heavy (non-hydrogen) atoms. The normalized spacial score (nSPS) is 14.8. The minimum absolute atomic E-state index is 0.151. The molecular weight excluding hydrogens is 296 g/mol. The molecule has 0 bridgehead atoms. The van der Waals surface area contributed by atoms with Crippen LogP contribution in [0.2, 0.25) is 0 Å². The molecule has 0 aliphatic carbocycles. The van der Waals surface area contributed by atoms with E-state index >= 15 is 0 Å². The van der Waals surface area contributed by atoms with E-state index in [1.807, 2.05) is 17.9 Å². The Balaban J connectivity index is 1.78. The summed E-state index contributed by atoms with van der Waals surface area (Å²) in [4.78, 5) is 25.1. The molecule has 1 saturated heterocycles. The van der Waals surface area contributed by atoms with Gasteiger partial charge in [0.2, 0.25) is 5.95 Å². The first kappa shape index (κ1) is 15.5. The summed E-state index contributed by atoms with van der Waals surface area (Å²) >= 11 is 0. The fourth-order valence-electron chi connectivity index (χ4n) is 2.47. The molecule has 122 valence electrons. The van der Waals surface area contributed by atoms with Crippen LogP contribution in [0.15, 0.2) is 28.9 Å². The molecule has 0 atom stereocenters. The van der Waals surface area contributed by atoms with E-state index in [4.69, 9.17) is 9.15 Å². The molecule has 0 N–H and O–H groups in total. The van der Waals surface area contributed by atoms with Gasteiger partial charge in [0, 0.05) is 25.8 Å². The number of ether oxygens (including phenoxy) is 1. The van der Waals surface area contributed by atoms with Crippen molar-refractivity contribution in [1.29, 1.82) is 0 Å². The van der Waals surface area contributed by atoms with E-state index in [9.17, 15) is 4.79 Å². The Morgan fingerprint density at radius 1 is 1.35 bits per heavy atom. The van der Waals surface area contributed by atoms with Crippen LogP contribution in [0.1, 0.15) is 21.9 Å². The molecule has 7 nitrogen and oxygen atoms in total. The Kier molecular flexibility index (Phi) is 4.57. The quantitative estimate of drug-likeness (QED) is 0.851. The molecule has 3 rings (SSSR count). The Labute approximate surface area is 134 Å². The van der Waals surface area contributed by atoms with Crippen molar-refractivity contribution in [2.45, 2.75) is 13.5 Å². The second kappa shape index (κ2) is 6.78. The highest BCUT2D eigenvalue weighted by atomic mass is 16.5. The number of furan rings is 1.